The van der Waals surface area contributed by atoms with E-state index < -0.39 is 0 Å². The lowest BCUT2D eigenvalue weighted by Crippen LogP contribution is -2.16. The maximum absolute atomic E-state index is 13.2. The fourth-order valence-electron chi connectivity index (χ4n) is 5.98. The lowest BCUT2D eigenvalue weighted by atomic mass is 9.75. The first-order chi connectivity index (χ1) is 20.3. The van der Waals surface area contributed by atoms with Crippen molar-refractivity contribution in [3.05, 3.63) is 148 Å². The summed E-state index contributed by atoms with van der Waals surface area (Å²) < 4.78 is 5.79. The molecule has 42 heavy (non-hydrogen) atoms. The predicted molar refractivity (Wildman–Crippen MR) is 169 cm³/mol. The molecule has 0 fully saturated rings. The second-order valence-electron chi connectivity index (χ2n) is 11.8. The number of fused-ring (bicyclic) bond motifs is 3. The molecule has 0 saturated heterocycles. The molecule has 1 N–H and O–H groups in total. The molecule has 0 amide bonds. The van der Waals surface area contributed by atoms with Gasteiger partial charge in [0.2, 0.25) is 0 Å². The molecule has 4 nitrogen and oxygen atoms in total. The molecule has 208 valence electrons. The minimum absolute atomic E-state index is 0.0349. The number of aliphatic hydroxyl groups is 1. The van der Waals surface area contributed by atoms with E-state index >= 15 is 0 Å². The molecule has 0 spiro atoms. The number of ketones is 1. The lowest BCUT2D eigenvalue weighted by molar-refractivity contribution is 0.104. The number of carbonyl (C=O) groups is 2. The van der Waals surface area contributed by atoms with Crippen LogP contribution in [0.2, 0.25) is 0 Å². The number of benzene rings is 4. The average molecular weight is 553 g/mol. The van der Waals surface area contributed by atoms with Crippen LogP contribution in [0.1, 0.15) is 58.5 Å². The molecule has 0 bridgehead atoms. The van der Waals surface area contributed by atoms with Crippen LogP contribution in [0.25, 0.3) is 27.3 Å². The molecule has 2 aliphatic rings. The van der Waals surface area contributed by atoms with Crippen molar-refractivity contribution in [2.24, 2.45) is 5.41 Å². The standard InChI is InChI=1S/C38H32O4/c1-38(2)21-25(8-7-15-42-24-32-18-28-10-4-3-9-27(28)17-31(32)23-39)16-26(22-38)13-14-33-36(40)34-19-29-11-5-6-12-30(29)20-35(34)37(33)41/h3-20,23,40H,21-22,24H2,1-2H3/b14-13+,15-7+,25-8-. The molecule has 0 radical (unpaired) electrons. The van der Waals surface area contributed by atoms with Crippen molar-refractivity contribution in [2.75, 3.05) is 0 Å². The maximum Gasteiger partial charge on any atom is 0.197 e. The number of allylic oxidation sites excluding steroid dienone is 8. The van der Waals surface area contributed by atoms with Crippen molar-refractivity contribution in [1.29, 1.82) is 0 Å². The van der Waals surface area contributed by atoms with E-state index in [1.165, 1.54) is 0 Å². The quantitative estimate of drug-likeness (QED) is 0.183. The van der Waals surface area contributed by atoms with Gasteiger partial charge in [0, 0.05) is 22.3 Å². The molecule has 0 aromatic heterocycles. The van der Waals surface area contributed by atoms with Crippen molar-refractivity contribution < 1.29 is 19.4 Å². The van der Waals surface area contributed by atoms with Gasteiger partial charge in [-0.05, 0) is 87.4 Å². The second-order valence-corrected chi connectivity index (χ2v) is 11.8. The van der Waals surface area contributed by atoms with Crippen LogP contribution in [0.3, 0.4) is 0 Å². The van der Waals surface area contributed by atoms with E-state index in [1.54, 1.807) is 12.3 Å². The van der Waals surface area contributed by atoms with Crippen LogP contribution >= 0.6 is 0 Å². The van der Waals surface area contributed by atoms with Crippen molar-refractivity contribution in [3.63, 3.8) is 0 Å². The molecular formula is C38H32O4. The molecule has 4 heteroatoms. The van der Waals surface area contributed by atoms with Crippen molar-refractivity contribution in [2.45, 2.75) is 33.3 Å². The van der Waals surface area contributed by atoms with Crippen molar-refractivity contribution in [1.82, 2.24) is 0 Å². The highest BCUT2D eigenvalue weighted by molar-refractivity contribution is 6.22. The summed E-state index contributed by atoms with van der Waals surface area (Å²) in [7, 11) is 0. The number of rotatable bonds is 7. The summed E-state index contributed by atoms with van der Waals surface area (Å²) in [5.74, 6) is -0.118. The number of aliphatic hydroxyl groups excluding tert-OH is 1. The zero-order valence-electron chi connectivity index (χ0n) is 23.8. The highest BCUT2D eigenvalue weighted by Crippen LogP contribution is 2.39. The first-order valence-corrected chi connectivity index (χ1v) is 14.2. The molecule has 4 aromatic carbocycles. The topological polar surface area (TPSA) is 63.6 Å². The van der Waals surface area contributed by atoms with Gasteiger partial charge >= 0.3 is 0 Å². The van der Waals surface area contributed by atoms with Gasteiger partial charge < -0.3 is 9.84 Å². The van der Waals surface area contributed by atoms with Crippen molar-refractivity contribution in [3.8, 4) is 0 Å². The van der Waals surface area contributed by atoms with E-state index in [1.807, 2.05) is 91.0 Å². The van der Waals surface area contributed by atoms with E-state index in [0.717, 1.165) is 57.4 Å². The molecule has 0 heterocycles. The van der Waals surface area contributed by atoms with Crippen LogP contribution in [0.5, 0.6) is 0 Å². The molecule has 4 aromatic rings. The maximum atomic E-state index is 13.2. The molecule has 0 atom stereocenters. The third kappa shape index (κ3) is 5.48. The van der Waals surface area contributed by atoms with Crippen LogP contribution < -0.4 is 0 Å². The Balaban J connectivity index is 1.17. The van der Waals surface area contributed by atoms with Gasteiger partial charge in [-0.25, -0.2) is 0 Å². The van der Waals surface area contributed by atoms with Crippen LogP contribution in [0.4, 0.5) is 0 Å². The fraction of sp³-hybridized carbons (Fsp3) is 0.158. The highest BCUT2D eigenvalue weighted by Gasteiger charge is 2.29. The van der Waals surface area contributed by atoms with Gasteiger partial charge in [-0.15, -0.1) is 0 Å². The molecule has 6 rings (SSSR count). The minimum Gasteiger partial charge on any atom is -0.507 e. The largest absolute Gasteiger partial charge is 0.507 e. The normalized spacial score (nSPS) is 17.5. The number of hydrogen-bond donors (Lipinski definition) is 1. The monoisotopic (exact) mass is 552 g/mol. The Kier molecular flexibility index (Phi) is 7.22. The number of aldehydes is 1. The smallest absolute Gasteiger partial charge is 0.197 e. The highest BCUT2D eigenvalue weighted by atomic mass is 16.5. The molecular weight excluding hydrogens is 520 g/mol. The second kappa shape index (κ2) is 11.1. The van der Waals surface area contributed by atoms with E-state index in [0.29, 0.717) is 28.9 Å². The van der Waals surface area contributed by atoms with E-state index in [2.05, 4.69) is 19.9 Å². The summed E-state index contributed by atoms with van der Waals surface area (Å²) in [6.45, 7) is 4.75. The van der Waals surface area contributed by atoms with Crippen molar-refractivity contribution >= 4 is 39.4 Å². The number of hydrogen-bond acceptors (Lipinski definition) is 4. The summed E-state index contributed by atoms with van der Waals surface area (Å²) in [5, 5.41) is 15.0. The van der Waals surface area contributed by atoms with E-state index in [-0.39, 0.29) is 17.0 Å². The third-order valence-electron chi connectivity index (χ3n) is 7.94. The van der Waals surface area contributed by atoms with E-state index in [4.69, 9.17) is 4.74 Å². The molecule has 2 aliphatic carbocycles. The Morgan fingerprint density at radius 3 is 2.19 bits per heavy atom. The number of ether oxygens (including phenoxy) is 1. The lowest BCUT2D eigenvalue weighted by Gasteiger charge is -2.30. The SMILES string of the molecule is CC1(C)CC(/C=C/C2=C(O)c3cc4ccccc4cc3C2=O)=CC(=C/C=C/OCc2cc3ccccc3cc2C=O)/C1. The fourth-order valence-corrected chi connectivity index (χ4v) is 5.98. The molecule has 0 saturated carbocycles. The summed E-state index contributed by atoms with van der Waals surface area (Å²) in [4.78, 5) is 24.8. The van der Waals surface area contributed by atoms with Gasteiger partial charge in [0.15, 0.2) is 5.78 Å². The van der Waals surface area contributed by atoms with Gasteiger partial charge in [-0.2, -0.15) is 0 Å². The van der Waals surface area contributed by atoms with Crippen LogP contribution in [0.15, 0.2) is 126 Å². The summed E-state index contributed by atoms with van der Waals surface area (Å²) in [6, 6.07) is 23.5. The Labute approximate surface area is 245 Å². The van der Waals surface area contributed by atoms with Gasteiger partial charge in [0.05, 0.1) is 11.8 Å². The Morgan fingerprint density at radius 2 is 1.50 bits per heavy atom. The Morgan fingerprint density at radius 1 is 0.857 bits per heavy atom. The molecule has 0 aliphatic heterocycles. The average Bonchev–Trinajstić information content (AvgIpc) is 3.21. The Hall–Kier alpha value is -4.96. The third-order valence-corrected chi connectivity index (χ3v) is 7.94. The van der Waals surface area contributed by atoms with Gasteiger partial charge in [-0.1, -0.05) is 80.6 Å². The van der Waals surface area contributed by atoms with Gasteiger partial charge in [0.25, 0.3) is 0 Å². The van der Waals surface area contributed by atoms with Gasteiger partial charge in [-0.3, -0.25) is 9.59 Å². The predicted octanol–water partition coefficient (Wildman–Crippen LogP) is 9.23. The number of Topliss-reactive ketones (excluding diaryl/α,β-unsaturated/α-hetero) is 1. The zero-order valence-corrected chi connectivity index (χ0v) is 23.8. The first kappa shape index (κ1) is 27.2. The minimum atomic E-state index is -0.153. The first-order valence-electron chi connectivity index (χ1n) is 14.2. The zero-order chi connectivity index (χ0) is 29.3. The van der Waals surface area contributed by atoms with Gasteiger partial charge in [0.1, 0.15) is 18.7 Å². The van der Waals surface area contributed by atoms with Crippen LogP contribution in [0, 0.1) is 5.41 Å². The summed E-state index contributed by atoms with van der Waals surface area (Å²) in [5.41, 5.74) is 5.21. The number of carbonyl (C=O) groups excluding carboxylic acids is 2. The summed E-state index contributed by atoms with van der Waals surface area (Å²) in [6.07, 6.45) is 14.0. The summed E-state index contributed by atoms with van der Waals surface area (Å²) >= 11 is 0. The Bertz CT molecular complexity index is 1900. The van der Waals surface area contributed by atoms with Crippen LogP contribution in [-0.2, 0) is 11.3 Å². The van der Waals surface area contributed by atoms with E-state index in [9.17, 15) is 14.7 Å². The molecule has 0 unspecified atom stereocenters. The van der Waals surface area contributed by atoms with Crippen LogP contribution in [-0.4, -0.2) is 17.2 Å².